The smallest absolute Gasteiger partial charge is 0.357 e. The van der Waals surface area contributed by atoms with Gasteiger partial charge in [0.25, 0.3) is 0 Å². The number of hydrogen-bond donors (Lipinski definition) is 3. The van der Waals surface area contributed by atoms with Gasteiger partial charge < -0.3 is 9.52 Å². The Kier molecular flexibility index (Phi) is 4.25. The first-order chi connectivity index (χ1) is 14.2. The molecule has 0 amide bonds. The number of hydrogen-bond acceptors (Lipinski definition) is 7. The Hall–Kier alpha value is -3.65. The molecule has 0 atom stereocenters. The number of para-hydroxylation sites is 1. The number of aromatic nitrogens is 2. The van der Waals surface area contributed by atoms with Crippen molar-refractivity contribution in [2.24, 2.45) is 0 Å². The fourth-order valence-electron chi connectivity index (χ4n) is 3.33. The third-order valence-corrected chi connectivity index (χ3v) is 5.68. The van der Waals surface area contributed by atoms with Crippen molar-refractivity contribution < 1.29 is 14.3 Å². The fourth-order valence-corrected chi connectivity index (χ4v) is 4.15. The third kappa shape index (κ3) is 3.34. The molecule has 0 radical (unpaired) electrons. The largest absolute Gasteiger partial charge is 0.476 e. The third-order valence-electron chi connectivity index (χ3n) is 4.73. The molecule has 0 saturated heterocycles. The van der Waals surface area contributed by atoms with Crippen LogP contribution in [0.4, 0.5) is 5.13 Å². The zero-order chi connectivity index (χ0) is 19.8. The number of carboxylic acids is 1. The van der Waals surface area contributed by atoms with Gasteiger partial charge in [0.05, 0.1) is 15.9 Å². The first kappa shape index (κ1) is 17.4. The molecule has 0 saturated carbocycles. The summed E-state index contributed by atoms with van der Waals surface area (Å²) in [5, 5.41) is 9.84. The van der Waals surface area contributed by atoms with Gasteiger partial charge in [-0.1, -0.05) is 35.6 Å². The molecule has 7 nitrogen and oxygen atoms in total. The zero-order valence-electron chi connectivity index (χ0n) is 15.2. The molecule has 4 aromatic rings. The van der Waals surface area contributed by atoms with Gasteiger partial charge in [0.15, 0.2) is 5.69 Å². The average molecular weight is 404 g/mol. The highest BCUT2D eigenvalue weighted by atomic mass is 32.1. The minimum Gasteiger partial charge on any atom is -0.476 e. The maximum atomic E-state index is 11.1. The molecule has 5 rings (SSSR count). The van der Waals surface area contributed by atoms with E-state index in [0.717, 1.165) is 51.3 Å². The van der Waals surface area contributed by atoms with E-state index in [4.69, 9.17) is 9.52 Å². The first-order valence-corrected chi connectivity index (χ1v) is 9.89. The van der Waals surface area contributed by atoms with E-state index in [2.05, 4.69) is 26.9 Å². The predicted octanol–water partition coefficient (Wildman–Crippen LogP) is 4.55. The molecule has 144 valence electrons. The summed E-state index contributed by atoms with van der Waals surface area (Å²) < 4.78 is 6.47. The normalized spacial score (nSPS) is 13.0. The van der Waals surface area contributed by atoms with E-state index >= 15 is 0 Å². The number of nitrogens with one attached hydrogen (secondary N) is 2. The molecular formula is C21H16N4O3S. The molecule has 2 aromatic heterocycles. The number of carbonyl (C=O) groups is 1. The Morgan fingerprint density at radius 2 is 2.03 bits per heavy atom. The van der Waals surface area contributed by atoms with Gasteiger partial charge in [-0.3, -0.25) is 10.9 Å². The highest BCUT2D eigenvalue weighted by Crippen LogP contribution is 2.30. The van der Waals surface area contributed by atoms with E-state index < -0.39 is 5.97 Å². The molecule has 0 bridgehead atoms. The monoisotopic (exact) mass is 404 g/mol. The average Bonchev–Trinajstić information content (AvgIpc) is 3.39. The summed E-state index contributed by atoms with van der Waals surface area (Å²) in [7, 11) is 0. The summed E-state index contributed by atoms with van der Waals surface area (Å²) in [6, 6.07) is 13.9. The van der Waals surface area contributed by atoms with E-state index in [1.165, 1.54) is 5.56 Å². The number of nitrogens with zero attached hydrogens (tertiary/aromatic N) is 2. The van der Waals surface area contributed by atoms with Gasteiger partial charge in [0.2, 0.25) is 11.0 Å². The van der Waals surface area contributed by atoms with Crippen LogP contribution in [0.15, 0.2) is 59.2 Å². The van der Waals surface area contributed by atoms with Crippen LogP contribution in [0.2, 0.25) is 0 Å². The number of aryl methyl sites for hydroxylation is 1. The van der Waals surface area contributed by atoms with Crippen LogP contribution in [0.25, 0.3) is 27.4 Å². The van der Waals surface area contributed by atoms with Gasteiger partial charge in [-0.05, 0) is 42.7 Å². The van der Waals surface area contributed by atoms with Crippen molar-refractivity contribution >= 4 is 38.4 Å². The molecular weight excluding hydrogens is 388 g/mol. The SMILES string of the molecule is O=C(O)c1coc(-c2ccc3c(c2)C(NNc2nc4ccccc4s2)=CCC3)n1. The first-order valence-electron chi connectivity index (χ1n) is 9.07. The zero-order valence-corrected chi connectivity index (χ0v) is 16.0. The van der Waals surface area contributed by atoms with Crippen LogP contribution in [0.3, 0.4) is 0 Å². The van der Waals surface area contributed by atoms with Crippen LogP contribution in [0, 0.1) is 0 Å². The van der Waals surface area contributed by atoms with Crippen LogP contribution in [0.5, 0.6) is 0 Å². The number of fused-ring (bicyclic) bond motifs is 2. The van der Waals surface area contributed by atoms with E-state index in [1.807, 2.05) is 42.5 Å². The number of aromatic carboxylic acids is 1. The van der Waals surface area contributed by atoms with Gasteiger partial charge in [-0.25, -0.2) is 14.8 Å². The summed E-state index contributed by atoms with van der Waals surface area (Å²) in [5.74, 6) is -0.825. The molecule has 2 heterocycles. The van der Waals surface area contributed by atoms with E-state index in [0.29, 0.717) is 0 Å². The molecule has 8 heteroatoms. The number of anilines is 1. The number of oxazole rings is 1. The summed E-state index contributed by atoms with van der Waals surface area (Å²) in [5.41, 5.74) is 11.2. The van der Waals surface area contributed by atoms with Crippen molar-refractivity contribution in [2.45, 2.75) is 12.8 Å². The Balaban J connectivity index is 1.40. The molecule has 1 aliphatic rings. The van der Waals surface area contributed by atoms with E-state index in [9.17, 15) is 4.79 Å². The highest BCUT2D eigenvalue weighted by molar-refractivity contribution is 7.22. The molecule has 29 heavy (non-hydrogen) atoms. The summed E-state index contributed by atoms with van der Waals surface area (Å²) in [4.78, 5) is 19.7. The summed E-state index contributed by atoms with van der Waals surface area (Å²) >= 11 is 1.58. The lowest BCUT2D eigenvalue weighted by Gasteiger charge is -2.20. The minimum absolute atomic E-state index is 0.107. The van der Waals surface area contributed by atoms with Crippen molar-refractivity contribution in [1.82, 2.24) is 15.4 Å². The number of carboxylic acid groups (broad SMARTS) is 1. The maximum Gasteiger partial charge on any atom is 0.357 e. The second-order valence-electron chi connectivity index (χ2n) is 6.61. The Morgan fingerprint density at radius 1 is 1.14 bits per heavy atom. The number of hydrazine groups is 1. The number of thiazole rings is 1. The predicted molar refractivity (Wildman–Crippen MR) is 112 cm³/mol. The van der Waals surface area contributed by atoms with Crippen molar-refractivity contribution in [3.8, 4) is 11.5 Å². The van der Waals surface area contributed by atoms with Gasteiger partial charge in [0, 0.05) is 11.1 Å². The lowest BCUT2D eigenvalue weighted by Crippen LogP contribution is -2.22. The summed E-state index contributed by atoms with van der Waals surface area (Å²) in [6.45, 7) is 0. The lowest BCUT2D eigenvalue weighted by atomic mass is 9.93. The highest BCUT2D eigenvalue weighted by Gasteiger charge is 2.17. The van der Waals surface area contributed by atoms with E-state index in [1.54, 1.807) is 11.3 Å². The topological polar surface area (TPSA) is 100 Å². The number of benzene rings is 2. The van der Waals surface area contributed by atoms with Crippen LogP contribution in [-0.4, -0.2) is 21.0 Å². The van der Waals surface area contributed by atoms with Gasteiger partial charge in [0.1, 0.15) is 6.26 Å². The molecule has 2 aromatic carbocycles. The van der Waals surface area contributed by atoms with Gasteiger partial charge in [-0.2, -0.15) is 0 Å². The molecule has 3 N–H and O–H groups in total. The maximum absolute atomic E-state index is 11.1. The molecule has 0 spiro atoms. The fraction of sp³-hybridized carbons (Fsp3) is 0.0952. The standard InChI is InChI=1S/C21H16N4O3S/c26-20(27)17-11-28-19(22-17)13-9-8-12-4-3-6-15(14(12)10-13)24-25-21-23-16-5-1-2-7-18(16)29-21/h1-2,5-11,24H,3-4H2,(H,23,25)(H,26,27). The number of allylic oxidation sites excluding steroid dienone is 1. The molecule has 0 fully saturated rings. The lowest BCUT2D eigenvalue weighted by molar-refractivity contribution is 0.0690. The molecule has 0 aliphatic heterocycles. The van der Waals surface area contributed by atoms with Crippen LogP contribution in [0.1, 0.15) is 28.0 Å². The van der Waals surface area contributed by atoms with Crippen LogP contribution >= 0.6 is 11.3 Å². The Morgan fingerprint density at radius 3 is 2.86 bits per heavy atom. The van der Waals surface area contributed by atoms with Crippen molar-refractivity contribution in [2.75, 3.05) is 5.43 Å². The Bertz CT molecular complexity index is 1220. The second-order valence-corrected chi connectivity index (χ2v) is 7.64. The minimum atomic E-state index is -1.11. The van der Waals surface area contributed by atoms with Gasteiger partial charge in [-0.15, -0.1) is 0 Å². The van der Waals surface area contributed by atoms with E-state index in [-0.39, 0.29) is 11.6 Å². The van der Waals surface area contributed by atoms with Crippen molar-refractivity contribution in [3.05, 3.63) is 71.6 Å². The number of rotatable bonds is 5. The molecule has 1 aliphatic carbocycles. The summed E-state index contributed by atoms with van der Waals surface area (Å²) in [6.07, 6.45) is 5.15. The van der Waals surface area contributed by atoms with Crippen LogP contribution < -0.4 is 10.9 Å². The molecule has 0 unspecified atom stereocenters. The van der Waals surface area contributed by atoms with Gasteiger partial charge >= 0.3 is 5.97 Å². The van der Waals surface area contributed by atoms with Crippen molar-refractivity contribution in [1.29, 1.82) is 0 Å². The Labute approximate surface area is 169 Å². The van der Waals surface area contributed by atoms with Crippen LogP contribution in [-0.2, 0) is 6.42 Å². The quantitative estimate of drug-likeness (QED) is 0.420. The second kappa shape index (κ2) is 7.06. The van der Waals surface area contributed by atoms with Crippen molar-refractivity contribution in [3.63, 3.8) is 0 Å².